The molecule has 3 heteroatoms. The molecule has 1 saturated heterocycles. The summed E-state index contributed by atoms with van der Waals surface area (Å²) in [5.41, 5.74) is 2.86. The lowest BCUT2D eigenvalue weighted by molar-refractivity contribution is -0.129. The van der Waals surface area contributed by atoms with Crippen molar-refractivity contribution in [2.24, 2.45) is 0 Å². The molecule has 1 fully saturated rings. The molecule has 0 saturated carbocycles. The number of amides is 1. The average molecular weight is 294 g/mol. The quantitative estimate of drug-likeness (QED) is 0.752. The standard InChI is InChI=1S/C17H24ClNO/c1-2-3-4-14-5-7-15(8-6-14)16-9-11-19(12-10-16)17(20)13-18/h5-8,16H,2-4,9-13H2,1H3. The van der Waals surface area contributed by atoms with Gasteiger partial charge in [0.05, 0.1) is 0 Å². The van der Waals surface area contributed by atoms with E-state index in [1.165, 1.54) is 30.4 Å². The number of halogens is 1. The van der Waals surface area contributed by atoms with Gasteiger partial charge in [-0.05, 0) is 42.7 Å². The van der Waals surface area contributed by atoms with Crippen LogP contribution >= 0.6 is 11.6 Å². The maximum Gasteiger partial charge on any atom is 0.237 e. The summed E-state index contributed by atoms with van der Waals surface area (Å²) in [6, 6.07) is 9.08. The van der Waals surface area contributed by atoms with E-state index in [-0.39, 0.29) is 11.8 Å². The third-order valence-corrected chi connectivity index (χ3v) is 4.46. The van der Waals surface area contributed by atoms with E-state index < -0.39 is 0 Å². The van der Waals surface area contributed by atoms with Crippen LogP contribution in [0, 0.1) is 0 Å². The van der Waals surface area contributed by atoms with Gasteiger partial charge in [0.15, 0.2) is 0 Å². The van der Waals surface area contributed by atoms with Crippen molar-refractivity contribution in [2.75, 3.05) is 19.0 Å². The Balaban J connectivity index is 1.88. The Hall–Kier alpha value is -1.02. The summed E-state index contributed by atoms with van der Waals surface area (Å²) in [4.78, 5) is 13.4. The number of nitrogens with zero attached hydrogens (tertiary/aromatic N) is 1. The number of unbranched alkanes of at least 4 members (excludes halogenated alkanes) is 1. The molecule has 1 amide bonds. The summed E-state index contributed by atoms with van der Waals surface area (Å²) in [5.74, 6) is 0.770. The van der Waals surface area contributed by atoms with Crippen molar-refractivity contribution in [2.45, 2.75) is 44.9 Å². The highest BCUT2D eigenvalue weighted by molar-refractivity contribution is 6.27. The first kappa shape index (κ1) is 15.4. The normalized spacial score (nSPS) is 16.4. The lowest BCUT2D eigenvalue weighted by atomic mass is 9.88. The Kier molecular flexibility index (Phi) is 5.90. The zero-order valence-electron chi connectivity index (χ0n) is 12.3. The maximum atomic E-state index is 11.5. The van der Waals surface area contributed by atoms with Gasteiger partial charge in [-0.15, -0.1) is 11.6 Å². The topological polar surface area (TPSA) is 20.3 Å². The second kappa shape index (κ2) is 7.68. The molecule has 110 valence electrons. The van der Waals surface area contributed by atoms with Crippen LogP contribution in [0.5, 0.6) is 0 Å². The van der Waals surface area contributed by atoms with Crippen LogP contribution in [-0.4, -0.2) is 29.8 Å². The molecule has 1 aliphatic heterocycles. The van der Waals surface area contributed by atoms with Crippen LogP contribution in [-0.2, 0) is 11.2 Å². The van der Waals surface area contributed by atoms with Gasteiger partial charge in [-0.2, -0.15) is 0 Å². The van der Waals surface area contributed by atoms with Crippen LogP contribution in [0.25, 0.3) is 0 Å². The molecule has 1 aromatic carbocycles. The van der Waals surface area contributed by atoms with Gasteiger partial charge in [0.1, 0.15) is 5.88 Å². The fourth-order valence-electron chi connectivity index (χ4n) is 2.88. The molecule has 20 heavy (non-hydrogen) atoms. The SMILES string of the molecule is CCCCc1ccc(C2CCN(C(=O)CCl)CC2)cc1. The molecule has 0 spiro atoms. The fourth-order valence-corrected chi connectivity index (χ4v) is 3.05. The molecule has 0 bridgehead atoms. The summed E-state index contributed by atoms with van der Waals surface area (Å²) in [6.07, 6.45) is 5.79. The van der Waals surface area contributed by atoms with E-state index in [1.54, 1.807) is 0 Å². The van der Waals surface area contributed by atoms with Crippen LogP contribution < -0.4 is 0 Å². The number of carbonyl (C=O) groups is 1. The van der Waals surface area contributed by atoms with Gasteiger partial charge < -0.3 is 4.90 Å². The van der Waals surface area contributed by atoms with Gasteiger partial charge in [0.2, 0.25) is 5.91 Å². The first-order valence-electron chi connectivity index (χ1n) is 7.67. The van der Waals surface area contributed by atoms with Gasteiger partial charge in [0, 0.05) is 13.1 Å². The largest absolute Gasteiger partial charge is 0.342 e. The number of likely N-dealkylation sites (tertiary alicyclic amines) is 1. The van der Waals surface area contributed by atoms with Crippen molar-refractivity contribution in [3.8, 4) is 0 Å². The van der Waals surface area contributed by atoms with Crippen molar-refractivity contribution in [1.29, 1.82) is 0 Å². The minimum atomic E-state index is 0.0695. The summed E-state index contributed by atoms with van der Waals surface area (Å²) in [5, 5.41) is 0. The molecule has 0 radical (unpaired) electrons. The van der Waals surface area contributed by atoms with Crippen molar-refractivity contribution in [3.05, 3.63) is 35.4 Å². The first-order chi connectivity index (χ1) is 9.74. The maximum absolute atomic E-state index is 11.5. The molecular formula is C17H24ClNO. The molecule has 1 aromatic rings. The fraction of sp³-hybridized carbons (Fsp3) is 0.588. The van der Waals surface area contributed by atoms with E-state index in [0.717, 1.165) is 25.9 Å². The minimum Gasteiger partial charge on any atom is -0.342 e. The second-order valence-corrected chi connectivity index (χ2v) is 5.90. The van der Waals surface area contributed by atoms with E-state index in [1.807, 2.05) is 4.90 Å². The number of hydrogen-bond acceptors (Lipinski definition) is 1. The zero-order valence-corrected chi connectivity index (χ0v) is 13.0. The number of carbonyl (C=O) groups excluding carboxylic acids is 1. The number of rotatable bonds is 5. The predicted octanol–water partition coefficient (Wildman–Crippen LogP) is 3.97. The van der Waals surface area contributed by atoms with E-state index >= 15 is 0 Å². The van der Waals surface area contributed by atoms with Crippen molar-refractivity contribution in [3.63, 3.8) is 0 Å². The number of hydrogen-bond donors (Lipinski definition) is 0. The van der Waals surface area contributed by atoms with Crippen molar-refractivity contribution >= 4 is 17.5 Å². The molecule has 0 aromatic heterocycles. The molecule has 1 heterocycles. The molecule has 0 aliphatic carbocycles. The number of aryl methyl sites for hydroxylation is 1. The zero-order chi connectivity index (χ0) is 14.4. The molecule has 2 nitrogen and oxygen atoms in total. The van der Waals surface area contributed by atoms with Gasteiger partial charge in [-0.1, -0.05) is 37.6 Å². The van der Waals surface area contributed by atoms with Gasteiger partial charge in [-0.3, -0.25) is 4.79 Å². The lowest BCUT2D eigenvalue weighted by Crippen LogP contribution is -2.38. The summed E-state index contributed by atoms with van der Waals surface area (Å²) >= 11 is 5.61. The van der Waals surface area contributed by atoms with Gasteiger partial charge >= 0.3 is 0 Å². The Morgan fingerprint density at radius 3 is 2.45 bits per heavy atom. The van der Waals surface area contributed by atoms with Crippen LogP contribution in [0.2, 0.25) is 0 Å². The highest BCUT2D eigenvalue weighted by Crippen LogP contribution is 2.28. The predicted molar refractivity (Wildman–Crippen MR) is 84.3 cm³/mol. The monoisotopic (exact) mass is 293 g/mol. The number of piperidine rings is 1. The van der Waals surface area contributed by atoms with E-state index in [9.17, 15) is 4.79 Å². The average Bonchev–Trinajstić information content (AvgIpc) is 2.53. The third-order valence-electron chi connectivity index (χ3n) is 4.23. The van der Waals surface area contributed by atoms with Gasteiger partial charge in [-0.25, -0.2) is 0 Å². The first-order valence-corrected chi connectivity index (χ1v) is 8.20. The molecule has 1 aliphatic rings. The second-order valence-electron chi connectivity index (χ2n) is 5.63. The van der Waals surface area contributed by atoms with Crippen LogP contribution in [0.3, 0.4) is 0 Å². The van der Waals surface area contributed by atoms with Crippen LogP contribution in [0.1, 0.15) is 49.7 Å². The van der Waals surface area contributed by atoms with Gasteiger partial charge in [0.25, 0.3) is 0 Å². The number of alkyl halides is 1. The van der Waals surface area contributed by atoms with Crippen molar-refractivity contribution in [1.82, 2.24) is 4.90 Å². The molecule has 0 N–H and O–H groups in total. The number of benzene rings is 1. The molecule has 2 rings (SSSR count). The van der Waals surface area contributed by atoms with E-state index in [4.69, 9.17) is 11.6 Å². The third kappa shape index (κ3) is 3.99. The Morgan fingerprint density at radius 1 is 1.25 bits per heavy atom. The van der Waals surface area contributed by atoms with E-state index in [0.29, 0.717) is 5.92 Å². The van der Waals surface area contributed by atoms with Crippen LogP contribution in [0.15, 0.2) is 24.3 Å². The van der Waals surface area contributed by atoms with Crippen molar-refractivity contribution < 1.29 is 4.79 Å². The summed E-state index contributed by atoms with van der Waals surface area (Å²) in [6.45, 7) is 3.91. The van der Waals surface area contributed by atoms with E-state index in [2.05, 4.69) is 31.2 Å². The van der Waals surface area contributed by atoms with Crippen LogP contribution in [0.4, 0.5) is 0 Å². The minimum absolute atomic E-state index is 0.0695. The smallest absolute Gasteiger partial charge is 0.237 e. The molecular weight excluding hydrogens is 270 g/mol. The Bertz CT molecular complexity index is 421. The Labute approximate surface area is 127 Å². The Morgan fingerprint density at radius 2 is 1.90 bits per heavy atom. The highest BCUT2D eigenvalue weighted by atomic mass is 35.5. The summed E-state index contributed by atoms with van der Waals surface area (Å²) in [7, 11) is 0. The lowest BCUT2D eigenvalue weighted by Gasteiger charge is -2.32. The molecule has 0 unspecified atom stereocenters. The highest BCUT2D eigenvalue weighted by Gasteiger charge is 2.23. The molecule has 0 atom stereocenters. The summed E-state index contributed by atoms with van der Waals surface area (Å²) < 4.78 is 0.